The minimum absolute atomic E-state index is 0.290. The molecule has 1 unspecified atom stereocenters. The maximum absolute atomic E-state index is 13.2. The molecule has 9 heteroatoms. The zero-order valence-corrected chi connectivity index (χ0v) is 15.9. The summed E-state index contributed by atoms with van der Waals surface area (Å²) in [5, 5.41) is 6.04. The van der Waals surface area contributed by atoms with E-state index in [4.69, 9.17) is 0 Å². The molecule has 27 heavy (non-hydrogen) atoms. The first-order valence-electron chi connectivity index (χ1n) is 9.61. The van der Waals surface area contributed by atoms with Gasteiger partial charge in [0, 0.05) is 26.7 Å². The number of amides is 2. The van der Waals surface area contributed by atoms with Gasteiger partial charge in [-0.3, -0.25) is 4.68 Å². The molecular formula is C18H28F3N5O. The number of piperidine rings is 2. The molecule has 2 fully saturated rings. The number of rotatable bonds is 3. The third kappa shape index (κ3) is 4.94. The maximum atomic E-state index is 13.2. The number of carbonyl (C=O) groups is 1. The van der Waals surface area contributed by atoms with Gasteiger partial charge in [-0.15, -0.1) is 0 Å². The van der Waals surface area contributed by atoms with Crippen LogP contribution < -0.4 is 5.32 Å². The number of anilines is 1. The van der Waals surface area contributed by atoms with Crippen molar-refractivity contribution in [2.24, 2.45) is 18.9 Å². The van der Waals surface area contributed by atoms with E-state index >= 15 is 0 Å². The van der Waals surface area contributed by atoms with Crippen LogP contribution in [0.15, 0.2) is 6.20 Å². The summed E-state index contributed by atoms with van der Waals surface area (Å²) in [7, 11) is 1.22. The van der Waals surface area contributed by atoms with Gasteiger partial charge in [-0.1, -0.05) is 6.92 Å². The van der Waals surface area contributed by atoms with Crippen molar-refractivity contribution in [1.82, 2.24) is 19.6 Å². The first-order valence-corrected chi connectivity index (χ1v) is 9.61. The van der Waals surface area contributed by atoms with E-state index in [1.165, 1.54) is 19.9 Å². The van der Waals surface area contributed by atoms with Crippen LogP contribution in [0.25, 0.3) is 0 Å². The van der Waals surface area contributed by atoms with Crippen molar-refractivity contribution in [1.29, 1.82) is 0 Å². The van der Waals surface area contributed by atoms with E-state index in [1.54, 1.807) is 4.90 Å². The number of aromatic nitrogens is 2. The summed E-state index contributed by atoms with van der Waals surface area (Å²) < 4.78 is 40.2. The van der Waals surface area contributed by atoms with Crippen molar-refractivity contribution in [2.45, 2.75) is 38.8 Å². The summed E-state index contributed by atoms with van der Waals surface area (Å²) in [5.74, 6) is 1.14. The number of nitrogens with zero attached hydrogens (tertiary/aromatic N) is 4. The molecular weight excluding hydrogens is 359 g/mol. The molecule has 3 heterocycles. The van der Waals surface area contributed by atoms with Crippen LogP contribution in [-0.2, 0) is 13.2 Å². The molecule has 0 spiro atoms. The lowest BCUT2D eigenvalue weighted by molar-refractivity contribution is -0.143. The quantitative estimate of drug-likeness (QED) is 0.865. The minimum atomic E-state index is -4.57. The summed E-state index contributed by atoms with van der Waals surface area (Å²) in [4.78, 5) is 16.6. The molecule has 3 rings (SSSR count). The molecule has 0 radical (unpaired) electrons. The SMILES string of the molecule is CC1CCN(CC2CCCN(C(=O)Nc3cnn(C)c3C(F)(F)F)C2)CC1. The van der Waals surface area contributed by atoms with Crippen LogP contribution in [0, 0.1) is 11.8 Å². The summed E-state index contributed by atoms with van der Waals surface area (Å²) in [6.07, 6.45) is 0.828. The molecule has 0 saturated carbocycles. The number of alkyl halides is 3. The van der Waals surface area contributed by atoms with Gasteiger partial charge < -0.3 is 15.1 Å². The molecule has 1 aromatic heterocycles. The average Bonchev–Trinajstić information content (AvgIpc) is 2.98. The van der Waals surface area contributed by atoms with Crippen molar-refractivity contribution in [3.63, 3.8) is 0 Å². The van der Waals surface area contributed by atoms with Crippen molar-refractivity contribution < 1.29 is 18.0 Å². The zero-order valence-electron chi connectivity index (χ0n) is 15.9. The number of hydrogen-bond acceptors (Lipinski definition) is 3. The Morgan fingerprint density at radius 2 is 1.96 bits per heavy atom. The Labute approximate surface area is 157 Å². The lowest BCUT2D eigenvalue weighted by Crippen LogP contribution is -2.46. The van der Waals surface area contributed by atoms with Crippen molar-refractivity contribution >= 4 is 11.7 Å². The largest absolute Gasteiger partial charge is 0.435 e. The maximum Gasteiger partial charge on any atom is 0.435 e. The Bertz CT molecular complexity index is 652. The van der Waals surface area contributed by atoms with Gasteiger partial charge in [-0.2, -0.15) is 18.3 Å². The van der Waals surface area contributed by atoms with Crippen LogP contribution >= 0.6 is 0 Å². The number of hydrogen-bond donors (Lipinski definition) is 1. The second-order valence-corrected chi connectivity index (χ2v) is 7.90. The van der Waals surface area contributed by atoms with Crippen LogP contribution in [0.1, 0.15) is 38.3 Å². The number of likely N-dealkylation sites (tertiary alicyclic amines) is 2. The van der Waals surface area contributed by atoms with E-state index < -0.39 is 17.9 Å². The highest BCUT2D eigenvalue weighted by atomic mass is 19.4. The van der Waals surface area contributed by atoms with Crippen LogP contribution in [0.4, 0.5) is 23.7 Å². The normalized spacial score (nSPS) is 22.9. The lowest BCUT2D eigenvalue weighted by Gasteiger charge is -2.37. The topological polar surface area (TPSA) is 53.4 Å². The predicted octanol–water partition coefficient (Wildman–Crippen LogP) is 3.41. The standard InChI is InChI=1S/C18H28F3N5O/c1-13-5-8-25(9-6-13)11-14-4-3-7-26(12-14)17(27)23-15-10-22-24(2)16(15)18(19,20)21/h10,13-14H,3-9,11-12H2,1-2H3,(H,23,27). The third-order valence-corrected chi connectivity index (χ3v) is 5.65. The number of halogens is 3. The smallest absolute Gasteiger partial charge is 0.324 e. The molecule has 2 aliphatic rings. The number of nitrogens with one attached hydrogen (secondary N) is 1. The van der Waals surface area contributed by atoms with E-state index in [0.29, 0.717) is 19.0 Å². The number of aryl methyl sites for hydroxylation is 1. The molecule has 2 amide bonds. The Hall–Kier alpha value is -1.77. The van der Waals surface area contributed by atoms with Gasteiger partial charge in [-0.05, 0) is 50.6 Å². The van der Waals surface area contributed by atoms with E-state index in [9.17, 15) is 18.0 Å². The predicted molar refractivity (Wildman–Crippen MR) is 96.4 cm³/mol. The Morgan fingerprint density at radius 1 is 1.26 bits per heavy atom. The fraction of sp³-hybridized carbons (Fsp3) is 0.778. The molecule has 2 saturated heterocycles. The van der Waals surface area contributed by atoms with E-state index in [2.05, 4.69) is 22.2 Å². The second-order valence-electron chi connectivity index (χ2n) is 7.90. The highest BCUT2D eigenvalue weighted by molar-refractivity contribution is 5.90. The fourth-order valence-electron chi connectivity index (χ4n) is 4.07. The Kier molecular flexibility index (Phi) is 5.98. The molecule has 152 valence electrons. The lowest BCUT2D eigenvalue weighted by atomic mass is 9.94. The van der Waals surface area contributed by atoms with Crippen molar-refractivity contribution in [2.75, 3.05) is 38.0 Å². The average molecular weight is 387 g/mol. The minimum Gasteiger partial charge on any atom is -0.324 e. The summed E-state index contributed by atoms with van der Waals surface area (Å²) in [5.41, 5.74) is -1.23. The summed E-state index contributed by atoms with van der Waals surface area (Å²) >= 11 is 0. The Morgan fingerprint density at radius 3 is 2.63 bits per heavy atom. The van der Waals surface area contributed by atoms with Gasteiger partial charge in [0.1, 0.15) is 0 Å². The monoisotopic (exact) mass is 387 g/mol. The van der Waals surface area contributed by atoms with Crippen LogP contribution in [0.3, 0.4) is 0 Å². The fourth-order valence-corrected chi connectivity index (χ4v) is 4.07. The molecule has 6 nitrogen and oxygen atoms in total. The first-order chi connectivity index (χ1) is 12.7. The second kappa shape index (κ2) is 8.08. The van der Waals surface area contributed by atoms with Crippen molar-refractivity contribution in [3.8, 4) is 0 Å². The molecule has 1 N–H and O–H groups in total. The first kappa shape index (κ1) is 20.0. The number of carbonyl (C=O) groups excluding carboxylic acids is 1. The van der Waals surface area contributed by atoms with E-state index in [-0.39, 0.29) is 5.69 Å². The number of urea groups is 1. The molecule has 1 atom stereocenters. The van der Waals surface area contributed by atoms with Gasteiger partial charge in [-0.25, -0.2) is 4.79 Å². The van der Waals surface area contributed by atoms with Gasteiger partial charge in [0.25, 0.3) is 0 Å². The van der Waals surface area contributed by atoms with Crippen LogP contribution in [-0.4, -0.2) is 58.3 Å². The highest BCUT2D eigenvalue weighted by Gasteiger charge is 2.38. The zero-order chi connectivity index (χ0) is 19.6. The van der Waals surface area contributed by atoms with E-state index in [1.807, 2.05) is 0 Å². The van der Waals surface area contributed by atoms with Gasteiger partial charge in [0.15, 0.2) is 5.69 Å². The summed E-state index contributed by atoms with van der Waals surface area (Å²) in [6.45, 7) is 6.57. The van der Waals surface area contributed by atoms with Gasteiger partial charge in [0.2, 0.25) is 0 Å². The third-order valence-electron chi connectivity index (χ3n) is 5.65. The summed E-state index contributed by atoms with van der Waals surface area (Å²) in [6, 6.07) is -0.481. The highest BCUT2D eigenvalue weighted by Crippen LogP contribution is 2.34. The molecule has 0 aromatic carbocycles. The Balaban J connectivity index is 1.57. The van der Waals surface area contributed by atoms with Gasteiger partial charge >= 0.3 is 12.2 Å². The molecule has 1 aromatic rings. The van der Waals surface area contributed by atoms with Crippen molar-refractivity contribution in [3.05, 3.63) is 11.9 Å². The van der Waals surface area contributed by atoms with E-state index in [0.717, 1.165) is 49.3 Å². The molecule has 0 aliphatic carbocycles. The van der Waals surface area contributed by atoms with Crippen LogP contribution in [0.5, 0.6) is 0 Å². The van der Waals surface area contributed by atoms with Crippen LogP contribution in [0.2, 0.25) is 0 Å². The molecule has 2 aliphatic heterocycles. The molecule has 0 bridgehead atoms. The van der Waals surface area contributed by atoms with Gasteiger partial charge in [0.05, 0.1) is 11.9 Å².